The Labute approximate surface area is 125 Å². The van der Waals surface area contributed by atoms with Crippen molar-refractivity contribution in [2.45, 2.75) is 60.2 Å². The van der Waals surface area contributed by atoms with Gasteiger partial charge in [0.15, 0.2) is 0 Å². The highest BCUT2D eigenvalue weighted by Crippen LogP contribution is 2.12. The van der Waals surface area contributed by atoms with E-state index in [2.05, 4.69) is 63.8 Å². The average Bonchev–Trinajstić information content (AvgIpc) is 2.26. The quantitative estimate of drug-likeness (QED) is 0.615. The van der Waals surface area contributed by atoms with Gasteiger partial charge in [-0.25, -0.2) is 4.98 Å². The summed E-state index contributed by atoms with van der Waals surface area (Å²) in [6.07, 6.45) is 3.85. The third kappa shape index (κ3) is 6.34. The molecule has 0 saturated heterocycles. The number of hydrogen-bond acceptors (Lipinski definition) is 2. The molecule has 0 N–H and O–H groups in total. The molecule has 1 aromatic rings. The zero-order chi connectivity index (χ0) is 15.3. The molecule has 0 unspecified atom stereocenters. The van der Waals surface area contributed by atoms with E-state index in [-0.39, 0.29) is 0 Å². The minimum Gasteiger partial charge on any atom is -0.256 e. The van der Waals surface area contributed by atoms with Gasteiger partial charge in [0.1, 0.15) is 13.8 Å². The molecule has 1 rings (SSSR count). The number of nitrogens with zero attached hydrogens (tertiary/aromatic N) is 2. The van der Waals surface area contributed by atoms with E-state index in [9.17, 15) is 0 Å². The van der Waals surface area contributed by atoms with E-state index >= 15 is 0 Å². The Balaban J connectivity index is 3.14. The first-order chi connectivity index (χ1) is 9.17. The Kier molecular flexibility index (Phi) is 5.95. The Morgan fingerprint density at radius 3 is 2.15 bits per heavy atom. The fourth-order valence-electron chi connectivity index (χ4n) is 1.85. The SMILES string of the molecule is CC(C)Cc1cnc(CC(C)C)c(C#C[Si](C)(C)C)n1. The van der Waals surface area contributed by atoms with Crippen molar-refractivity contribution in [3.63, 3.8) is 0 Å². The molecule has 0 aliphatic carbocycles. The second-order valence-corrected chi connectivity index (χ2v) is 12.1. The van der Waals surface area contributed by atoms with Gasteiger partial charge in [-0.1, -0.05) is 53.3 Å². The van der Waals surface area contributed by atoms with Crippen LogP contribution in [0.4, 0.5) is 0 Å². The van der Waals surface area contributed by atoms with Gasteiger partial charge in [0.25, 0.3) is 0 Å². The molecule has 0 fully saturated rings. The lowest BCUT2D eigenvalue weighted by atomic mass is 10.1. The summed E-state index contributed by atoms with van der Waals surface area (Å²) in [4.78, 5) is 9.38. The first kappa shape index (κ1) is 16.9. The van der Waals surface area contributed by atoms with Crippen LogP contribution in [-0.2, 0) is 12.8 Å². The zero-order valence-electron chi connectivity index (χ0n) is 14.0. The molecular formula is C17H28N2Si. The standard InChI is InChI=1S/C17H28N2Si/c1-13(2)10-15-12-18-17(11-14(3)4)16(19-15)8-9-20(5,6)7/h12-14H,10-11H2,1-7H3. The highest BCUT2D eigenvalue weighted by molar-refractivity contribution is 6.83. The molecule has 1 heterocycles. The van der Waals surface area contributed by atoms with Crippen LogP contribution in [0.25, 0.3) is 0 Å². The molecule has 3 heteroatoms. The summed E-state index contributed by atoms with van der Waals surface area (Å²) < 4.78 is 0. The van der Waals surface area contributed by atoms with Gasteiger partial charge in [0.2, 0.25) is 0 Å². The monoisotopic (exact) mass is 288 g/mol. The second kappa shape index (κ2) is 7.03. The van der Waals surface area contributed by atoms with Crippen molar-refractivity contribution >= 4 is 8.07 Å². The van der Waals surface area contributed by atoms with Crippen molar-refractivity contribution in [3.8, 4) is 11.5 Å². The predicted octanol–water partition coefficient (Wildman–Crippen LogP) is 4.10. The molecule has 0 spiro atoms. The van der Waals surface area contributed by atoms with Crippen LogP contribution in [0.5, 0.6) is 0 Å². The van der Waals surface area contributed by atoms with Gasteiger partial charge < -0.3 is 0 Å². The zero-order valence-corrected chi connectivity index (χ0v) is 15.0. The van der Waals surface area contributed by atoms with Crippen molar-refractivity contribution < 1.29 is 0 Å². The van der Waals surface area contributed by atoms with Crippen LogP contribution in [0, 0.1) is 23.3 Å². The Morgan fingerprint density at radius 2 is 1.65 bits per heavy atom. The van der Waals surface area contributed by atoms with E-state index in [4.69, 9.17) is 4.98 Å². The maximum absolute atomic E-state index is 4.76. The molecule has 0 radical (unpaired) electrons. The Morgan fingerprint density at radius 1 is 1.05 bits per heavy atom. The average molecular weight is 289 g/mol. The Bertz CT molecular complexity index is 502. The van der Waals surface area contributed by atoms with Crippen molar-refractivity contribution in [2.24, 2.45) is 11.8 Å². The Hall–Kier alpha value is -1.14. The summed E-state index contributed by atoms with van der Waals surface area (Å²) >= 11 is 0. The molecule has 0 atom stereocenters. The van der Waals surface area contributed by atoms with Crippen LogP contribution >= 0.6 is 0 Å². The van der Waals surface area contributed by atoms with Gasteiger partial charge in [-0.05, 0) is 24.7 Å². The molecule has 0 bridgehead atoms. The smallest absolute Gasteiger partial charge is 0.134 e. The van der Waals surface area contributed by atoms with Gasteiger partial charge in [0.05, 0.1) is 11.4 Å². The van der Waals surface area contributed by atoms with E-state index in [1.165, 1.54) is 0 Å². The van der Waals surface area contributed by atoms with E-state index in [0.29, 0.717) is 11.8 Å². The van der Waals surface area contributed by atoms with Crippen molar-refractivity contribution in [2.75, 3.05) is 0 Å². The van der Waals surface area contributed by atoms with Crippen LogP contribution in [-0.4, -0.2) is 18.0 Å². The molecule has 0 saturated carbocycles. The summed E-state index contributed by atoms with van der Waals surface area (Å²) in [5, 5.41) is 0. The number of hydrogen-bond donors (Lipinski definition) is 0. The molecule has 0 aliphatic heterocycles. The third-order valence-corrected chi connectivity index (χ3v) is 3.55. The predicted molar refractivity (Wildman–Crippen MR) is 89.3 cm³/mol. The highest BCUT2D eigenvalue weighted by atomic mass is 28.3. The molecule has 0 aromatic carbocycles. The van der Waals surface area contributed by atoms with Gasteiger partial charge >= 0.3 is 0 Å². The van der Waals surface area contributed by atoms with E-state index in [0.717, 1.165) is 29.9 Å². The van der Waals surface area contributed by atoms with Crippen molar-refractivity contribution in [3.05, 3.63) is 23.3 Å². The van der Waals surface area contributed by atoms with Crippen molar-refractivity contribution in [1.29, 1.82) is 0 Å². The normalized spacial score (nSPS) is 11.7. The summed E-state index contributed by atoms with van der Waals surface area (Å²) in [7, 11) is -1.38. The molecular weight excluding hydrogens is 260 g/mol. The fraction of sp³-hybridized carbons (Fsp3) is 0.647. The van der Waals surface area contributed by atoms with E-state index in [1.807, 2.05) is 6.20 Å². The van der Waals surface area contributed by atoms with Crippen LogP contribution in [0.15, 0.2) is 6.20 Å². The minimum absolute atomic E-state index is 0.577. The molecule has 2 nitrogen and oxygen atoms in total. The lowest BCUT2D eigenvalue weighted by Crippen LogP contribution is -2.17. The van der Waals surface area contributed by atoms with Gasteiger partial charge in [0, 0.05) is 6.20 Å². The summed E-state index contributed by atoms with van der Waals surface area (Å²) in [5.74, 6) is 4.48. The van der Waals surface area contributed by atoms with E-state index < -0.39 is 8.07 Å². The second-order valence-electron chi connectivity index (χ2n) is 7.35. The first-order valence-corrected chi connectivity index (χ1v) is 11.1. The summed E-state index contributed by atoms with van der Waals surface area (Å²) in [6, 6.07) is 0. The minimum atomic E-state index is -1.38. The lowest BCUT2D eigenvalue weighted by Gasteiger charge is -2.10. The highest BCUT2D eigenvalue weighted by Gasteiger charge is 2.11. The number of rotatable bonds is 4. The topological polar surface area (TPSA) is 25.8 Å². The summed E-state index contributed by atoms with van der Waals surface area (Å²) in [6.45, 7) is 15.6. The maximum Gasteiger partial charge on any atom is 0.134 e. The van der Waals surface area contributed by atoms with Crippen LogP contribution in [0.2, 0.25) is 19.6 Å². The van der Waals surface area contributed by atoms with Crippen LogP contribution in [0.1, 0.15) is 44.8 Å². The van der Waals surface area contributed by atoms with Gasteiger partial charge in [-0.2, -0.15) is 0 Å². The van der Waals surface area contributed by atoms with Gasteiger partial charge in [-0.15, -0.1) is 5.54 Å². The molecule has 0 amide bonds. The van der Waals surface area contributed by atoms with E-state index in [1.54, 1.807) is 0 Å². The molecule has 1 aromatic heterocycles. The fourth-order valence-corrected chi connectivity index (χ4v) is 2.34. The molecule has 20 heavy (non-hydrogen) atoms. The molecule has 0 aliphatic rings. The third-order valence-electron chi connectivity index (χ3n) is 2.67. The van der Waals surface area contributed by atoms with Gasteiger partial charge in [-0.3, -0.25) is 4.98 Å². The summed E-state index contributed by atoms with van der Waals surface area (Å²) in [5.41, 5.74) is 6.44. The largest absolute Gasteiger partial charge is 0.256 e. The lowest BCUT2D eigenvalue weighted by molar-refractivity contribution is 0.615. The molecule has 110 valence electrons. The number of aromatic nitrogens is 2. The first-order valence-electron chi connectivity index (χ1n) is 7.55. The van der Waals surface area contributed by atoms with Crippen molar-refractivity contribution in [1.82, 2.24) is 9.97 Å². The maximum atomic E-state index is 4.76. The van der Waals surface area contributed by atoms with Crippen LogP contribution < -0.4 is 0 Å². The van der Waals surface area contributed by atoms with Crippen LogP contribution in [0.3, 0.4) is 0 Å².